The van der Waals surface area contributed by atoms with Crippen molar-refractivity contribution in [2.45, 2.75) is 52.0 Å². The third kappa shape index (κ3) is 4.78. The van der Waals surface area contributed by atoms with Gasteiger partial charge in [-0.15, -0.1) is 11.3 Å². The number of aryl methyl sites for hydroxylation is 1. The Morgan fingerprint density at radius 2 is 1.67 bits per heavy atom. The topological polar surface area (TPSA) is 73.5 Å². The van der Waals surface area contributed by atoms with Crippen LogP contribution in [0.2, 0.25) is 0 Å². The largest absolute Gasteiger partial charge is 0.372 e. The average molecular weight is 500 g/mol. The van der Waals surface area contributed by atoms with Gasteiger partial charge in [0.2, 0.25) is 0 Å². The van der Waals surface area contributed by atoms with E-state index in [2.05, 4.69) is 54.5 Å². The van der Waals surface area contributed by atoms with Crippen LogP contribution in [0.25, 0.3) is 43.6 Å². The second-order valence-corrected chi connectivity index (χ2v) is 10.4. The Kier molecular flexibility index (Phi) is 7.13. The lowest BCUT2D eigenvalue weighted by molar-refractivity contribution is 0.534. The van der Waals surface area contributed by atoms with Gasteiger partial charge in [0.15, 0.2) is 11.6 Å². The van der Waals surface area contributed by atoms with Gasteiger partial charge in [0.25, 0.3) is 0 Å². The van der Waals surface area contributed by atoms with Gasteiger partial charge in [-0.05, 0) is 25.5 Å². The van der Waals surface area contributed by atoms with Crippen LogP contribution in [0.1, 0.15) is 52.0 Å². The molecule has 36 heavy (non-hydrogen) atoms. The SMILES string of the molecule is C1CCCC1.CNc1nc(-c2nccn2C)nc2sc(-c3ccn(C(C)C)n3)c(-c3ccccc3)c12. The smallest absolute Gasteiger partial charge is 0.199 e. The fraction of sp³-hybridized carbons (Fsp3) is 0.357. The predicted octanol–water partition coefficient (Wildman–Crippen LogP) is 7.20. The molecule has 4 heterocycles. The monoisotopic (exact) mass is 499 g/mol. The summed E-state index contributed by atoms with van der Waals surface area (Å²) in [6.07, 6.45) is 13.2. The number of hydrogen-bond donors (Lipinski definition) is 1. The summed E-state index contributed by atoms with van der Waals surface area (Å²) in [5.41, 5.74) is 3.16. The van der Waals surface area contributed by atoms with E-state index < -0.39 is 0 Å². The van der Waals surface area contributed by atoms with Crippen molar-refractivity contribution in [3.63, 3.8) is 0 Å². The summed E-state index contributed by atoms with van der Waals surface area (Å²) < 4.78 is 3.91. The first kappa shape index (κ1) is 24.2. The van der Waals surface area contributed by atoms with Gasteiger partial charge in [0.05, 0.1) is 10.3 Å². The van der Waals surface area contributed by atoms with Crippen LogP contribution in [0.15, 0.2) is 55.0 Å². The number of hydrogen-bond acceptors (Lipinski definition) is 6. The first-order valence-corrected chi connectivity index (χ1v) is 13.5. The molecule has 1 aliphatic rings. The van der Waals surface area contributed by atoms with Crippen molar-refractivity contribution < 1.29 is 0 Å². The molecule has 0 amide bonds. The molecule has 0 bridgehead atoms. The van der Waals surface area contributed by atoms with Crippen LogP contribution in [0, 0.1) is 0 Å². The molecule has 1 fully saturated rings. The Hall–Kier alpha value is -3.52. The number of benzene rings is 1. The van der Waals surface area contributed by atoms with Crippen molar-refractivity contribution in [1.82, 2.24) is 29.3 Å². The van der Waals surface area contributed by atoms with E-state index in [0.29, 0.717) is 11.9 Å². The first-order valence-electron chi connectivity index (χ1n) is 12.7. The fourth-order valence-electron chi connectivity index (χ4n) is 4.55. The highest BCUT2D eigenvalue weighted by atomic mass is 32.1. The van der Waals surface area contributed by atoms with E-state index in [0.717, 1.165) is 43.6 Å². The summed E-state index contributed by atoms with van der Waals surface area (Å²) in [4.78, 5) is 16.2. The van der Waals surface area contributed by atoms with Crippen LogP contribution in [-0.4, -0.2) is 36.3 Å². The average Bonchev–Trinajstić information content (AvgIpc) is 3.70. The highest BCUT2D eigenvalue weighted by molar-refractivity contribution is 7.22. The molecule has 1 aliphatic carbocycles. The van der Waals surface area contributed by atoms with E-state index in [1.807, 2.05) is 41.8 Å². The molecule has 1 aromatic carbocycles. The van der Waals surface area contributed by atoms with Crippen molar-refractivity contribution in [1.29, 1.82) is 0 Å². The van der Waals surface area contributed by atoms with Gasteiger partial charge in [0.1, 0.15) is 16.3 Å². The van der Waals surface area contributed by atoms with E-state index in [9.17, 15) is 0 Å². The Morgan fingerprint density at radius 3 is 2.25 bits per heavy atom. The summed E-state index contributed by atoms with van der Waals surface area (Å²) in [5.74, 6) is 2.12. The molecule has 0 atom stereocenters. The maximum atomic E-state index is 4.91. The molecule has 0 saturated heterocycles. The molecule has 0 aliphatic heterocycles. The quantitative estimate of drug-likeness (QED) is 0.277. The highest BCUT2D eigenvalue weighted by Gasteiger charge is 2.23. The van der Waals surface area contributed by atoms with Crippen molar-refractivity contribution >= 4 is 27.4 Å². The number of fused-ring (bicyclic) bond motifs is 1. The number of imidazole rings is 1. The number of nitrogens with one attached hydrogen (secondary N) is 1. The minimum absolute atomic E-state index is 0.297. The van der Waals surface area contributed by atoms with Gasteiger partial charge in [-0.3, -0.25) is 4.68 Å². The van der Waals surface area contributed by atoms with Crippen molar-refractivity contribution in [2.75, 3.05) is 12.4 Å². The summed E-state index contributed by atoms with van der Waals surface area (Å²) >= 11 is 1.64. The van der Waals surface area contributed by atoms with Crippen LogP contribution >= 0.6 is 11.3 Å². The van der Waals surface area contributed by atoms with Crippen LogP contribution in [0.5, 0.6) is 0 Å². The van der Waals surface area contributed by atoms with Crippen LogP contribution < -0.4 is 5.32 Å². The second kappa shape index (κ2) is 10.6. The molecule has 0 unspecified atom stereocenters. The van der Waals surface area contributed by atoms with Crippen LogP contribution in [-0.2, 0) is 7.05 Å². The zero-order chi connectivity index (χ0) is 25.1. The number of nitrogens with zero attached hydrogens (tertiary/aromatic N) is 6. The van der Waals surface area contributed by atoms with Crippen molar-refractivity contribution in [2.24, 2.45) is 7.05 Å². The van der Waals surface area contributed by atoms with Gasteiger partial charge in [-0.25, -0.2) is 15.0 Å². The summed E-state index contributed by atoms with van der Waals surface area (Å²) in [5, 5.41) is 9.13. The van der Waals surface area contributed by atoms with Crippen LogP contribution in [0.4, 0.5) is 5.82 Å². The molecule has 0 spiro atoms. The van der Waals surface area contributed by atoms with Gasteiger partial charge in [-0.2, -0.15) is 5.10 Å². The van der Waals surface area contributed by atoms with E-state index in [1.54, 1.807) is 17.5 Å². The highest BCUT2D eigenvalue weighted by Crippen LogP contribution is 2.46. The van der Waals surface area contributed by atoms with Crippen LogP contribution in [0.3, 0.4) is 0 Å². The van der Waals surface area contributed by atoms with Crippen molar-refractivity contribution in [3.05, 3.63) is 55.0 Å². The Bertz CT molecular complexity index is 1430. The molecule has 5 aromatic rings. The molecule has 8 heteroatoms. The third-order valence-corrected chi connectivity index (χ3v) is 7.60. The lowest BCUT2D eigenvalue weighted by atomic mass is 10.0. The number of anilines is 1. The number of rotatable bonds is 5. The maximum absolute atomic E-state index is 4.91. The predicted molar refractivity (Wildman–Crippen MR) is 149 cm³/mol. The molecule has 0 radical (unpaired) electrons. The van der Waals surface area contributed by atoms with Gasteiger partial charge < -0.3 is 9.88 Å². The Morgan fingerprint density at radius 1 is 0.944 bits per heavy atom. The summed E-state index contributed by atoms with van der Waals surface area (Å²) in [6.45, 7) is 4.26. The Labute approximate surface area is 216 Å². The molecule has 4 aromatic heterocycles. The number of aromatic nitrogens is 6. The summed E-state index contributed by atoms with van der Waals surface area (Å²) in [7, 11) is 3.84. The zero-order valence-corrected chi connectivity index (χ0v) is 22.2. The second-order valence-electron chi connectivity index (χ2n) is 9.40. The lowest BCUT2D eigenvalue weighted by Gasteiger charge is -2.09. The molecular weight excluding hydrogens is 466 g/mol. The third-order valence-electron chi connectivity index (χ3n) is 6.49. The first-order chi connectivity index (χ1) is 17.6. The van der Waals surface area contributed by atoms with E-state index in [4.69, 9.17) is 15.1 Å². The standard InChI is InChI=1S/C23H23N7S.C5H10/c1-14(2)30-12-10-16(28-30)19-17(15-8-6-5-7-9-15)18-20(24-3)26-21(27-23(18)31-19)22-25-11-13-29(22)4;1-2-4-5-3-1/h5-14H,1-4H3,(H,24,26,27);1-5H2. The minimum atomic E-state index is 0.297. The molecule has 7 nitrogen and oxygen atoms in total. The number of thiophene rings is 1. The summed E-state index contributed by atoms with van der Waals surface area (Å²) in [6, 6.07) is 12.7. The van der Waals surface area contributed by atoms with Crippen molar-refractivity contribution in [3.8, 4) is 33.3 Å². The molecule has 6 rings (SSSR count). The lowest BCUT2D eigenvalue weighted by Crippen LogP contribution is -2.01. The molecule has 186 valence electrons. The van der Waals surface area contributed by atoms with Gasteiger partial charge in [-0.1, -0.05) is 62.4 Å². The minimum Gasteiger partial charge on any atom is -0.372 e. The van der Waals surface area contributed by atoms with E-state index >= 15 is 0 Å². The Balaban J connectivity index is 0.000000477. The van der Waals surface area contributed by atoms with Gasteiger partial charge >= 0.3 is 0 Å². The molecule has 1 saturated carbocycles. The van der Waals surface area contributed by atoms with Gasteiger partial charge in [0, 0.05) is 44.3 Å². The van der Waals surface area contributed by atoms with E-state index in [1.165, 1.54) is 32.1 Å². The van der Waals surface area contributed by atoms with E-state index in [-0.39, 0.29) is 0 Å². The fourth-order valence-corrected chi connectivity index (χ4v) is 5.72. The molecule has 1 N–H and O–H groups in total. The molecular formula is C28H33N7S. The zero-order valence-electron chi connectivity index (χ0n) is 21.4. The normalized spacial score (nSPS) is 13.2. The maximum Gasteiger partial charge on any atom is 0.199 e.